The van der Waals surface area contributed by atoms with Gasteiger partial charge in [-0.15, -0.1) is 0 Å². The fourth-order valence-corrected chi connectivity index (χ4v) is 1.91. The highest BCUT2D eigenvalue weighted by molar-refractivity contribution is 5.91. The highest BCUT2D eigenvalue weighted by Gasteiger charge is 2.09. The molecule has 2 N–H and O–H groups in total. The van der Waals surface area contributed by atoms with Crippen LogP contribution < -0.4 is 10.6 Å². The maximum atomic E-state index is 11.8. The highest BCUT2D eigenvalue weighted by atomic mass is 16.2. The van der Waals surface area contributed by atoms with Crippen molar-refractivity contribution in [2.24, 2.45) is 0 Å². The van der Waals surface area contributed by atoms with Gasteiger partial charge in [0.25, 0.3) is 0 Å². The number of para-hydroxylation sites is 1. The lowest BCUT2D eigenvalue weighted by atomic mass is 10.0. The molecular weight excluding hydrogens is 240 g/mol. The molecule has 0 aliphatic rings. The number of aryl methyl sites for hydroxylation is 2. The molecule has 0 spiro atoms. The number of ketones is 1. The SMILES string of the molecule is CCc1cccc(CC)c1NC(=O)NCCC(C)=O. The Balaban J connectivity index is 2.69. The third kappa shape index (κ3) is 4.73. The summed E-state index contributed by atoms with van der Waals surface area (Å²) < 4.78 is 0. The summed E-state index contributed by atoms with van der Waals surface area (Å²) in [6.45, 7) is 6.01. The van der Waals surface area contributed by atoms with Crippen LogP contribution in [-0.4, -0.2) is 18.4 Å². The second-order valence-electron chi connectivity index (χ2n) is 4.49. The van der Waals surface area contributed by atoms with Crippen molar-refractivity contribution in [1.82, 2.24) is 5.32 Å². The molecule has 0 radical (unpaired) electrons. The molecule has 0 heterocycles. The number of hydrogen-bond donors (Lipinski definition) is 2. The van der Waals surface area contributed by atoms with Gasteiger partial charge in [-0.1, -0.05) is 32.0 Å². The number of benzene rings is 1. The van der Waals surface area contributed by atoms with Crippen LogP contribution in [0.5, 0.6) is 0 Å². The van der Waals surface area contributed by atoms with E-state index in [-0.39, 0.29) is 11.8 Å². The second kappa shape index (κ2) is 7.56. The van der Waals surface area contributed by atoms with Gasteiger partial charge >= 0.3 is 6.03 Å². The summed E-state index contributed by atoms with van der Waals surface area (Å²) in [7, 11) is 0. The zero-order valence-electron chi connectivity index (χ0n) is 11.9. The van der Waals surface area contributed by atoms with E-state index in [2.05, 4.69) is 24.5 Å². The Morgan fingerprint density at radius 1 is 1.11 bits per heavy atom. The van der Waals surface area contributed by atoms with Gasteiger partial charge in [-0.3, -0.25) is 4.79 Å². The Hall–Kier alpha value is -1.84. The number of hydrogen-bond acceptors (Lipinski definition) is 2. The van der Waals surface area contributed by atoms with Crippen molar-refractivity contribution < 1.29 is 9.59 Å². The Labute approximate surface area is 114 Å². The van der Waals surface area contributed by atoms with Gasteiger partial charge in [-0.25, -0.2) is 4.79 Å². The first-order valence-corrected chi connectivity index (χ1v) is 6.73. The Kier molecular flexibility index (Phi) is 6.06. The lowest BCUT2D eigenvalue weighted by Crippen LogP contribution is -2.31. The van der Waals surface area contributed by atoms with E-state index in [4.69, 9.17) is 0 Å². The third-order valence-corrected chi connectivity index (χ3v) is 3.00. The van der Waals surface area contributed by atoms with Crippen LogP contribution in [0.3, 0.4) is 0 Å². The molecule has 4 nitrogen and oxygen atoms in total. The number of rotatable bonds is 6. The number of amides is 2. The molecule has 0 atom stereocenters. The van der Waals surface area contributed by atoms with E-state index in [0.29, 0.717) is 13.0 Å². The Bertz CT molecular complexity index is 433. The number of Topliss-reactive ketones (excluding diaryl/α,β-unsaturated/α-hetero) is 1. The number of carbonyl (C=O) groups excluding carboxylic acids is 2. The van der Waals surface area contributed by atoms with Crippen molar-refractivity contribution in [2.75, 3.05) is 11.9 Å². The molecule has 0 bridgehead atoms. The summed E-state index contributed by atoms with van der Waals surface area (Å²) in [4.78, 5) is 22.6. The molecule has 4 heteroatoms. The Morgan fingerprint density at radius 2 is 1.68 bits per heavy atom. The summed E-state index contributed by atoms with van der Waals surface area (Å²) in [5.41, 5.74) is 3.15. The van der Waals surface area contributed by atoms with E-state index in [1.807, 2.05) is 18.2 Å². The molecule has 0 saturated heterocycles. The molecule has 0 aliphatic heterocycles. The molecule has 104 valence electrons. The van der Waals surface area contributed by atoms with Crippen LogP contribution in [0.2, 0.25) is 0 Å². The Morgan fingerprint density at radius 3 is 2.16 bits per heavy atom. The van der Waals surface area contributed by atoms with E-state index < -0.39 is 0 Å². The van der Waals surface area contributed by atoms with Gasteiger partial charge in [-0.2, -0.15) is 0 Å². The monoisotopic (exact) mass is 262 g/mol. The largest absolute Gasteiger partial charge is 0.337 e. The summed E-state index contributed by atoms with van der Waals surface area (Å²) in [5, 5.41) is 5.59. The van der Waals surface area contributed by atoms with Gasteiger partial charge in [0, 0.05) is 18.7 Å². The molecule has 0 fully saturated rings. The van der Waals surface area contributed by atoms with Gasteiger partial charge < -0.3 is 10.6 Å². The molecule has 0 aromatic heterocycles. The first kappa shape index (κ1) is 15.2. The average Bonchev–Trinajstić information content (AvgIpc) is 2.38. The quantitative estimate of drug-likeness (QED) is 0.828. The fraction of sp³-hybridized carbons (Fsp3) is 0.467. The zero-order valence-corrected chi connectivity index (χ0v) is 11.9. The van der Waals surface area contributed by atoms with Gasteiger partial charge in [0.05, 0.1) is 0 Å². The molecule has 0 unspecified atom stereocenters. The maximum absolute atomic E-state index is 11.8. The smallest absolute Gasteiger partial charge is 0.319 e. The predicted molar refractivity (Wildman–Crippen MR) is 77.5 cm³/mol. The van der Waals surface area contributed by atoms with Crippen LogP contribution in [0.4, 0.5) is 10.5 Å². The zero-order chi connectivity index (χ0) is 14.3. The molecule has 1 aromatic rings. The van der Waals surface area contributed by atoms with Crippen molar-refractivity contribution in [3.05, 3.63) is 29.3 Å². The van der Waals surface area contributed by atoms with E-state index in [1.54, 1.807) is 0 Å². The predicted octanol–water partition coefficient (Wildman–Crippen LogP) is 2.91. The van der Waals surface area contributed by atoms with Crippen LogP contribution in [0.25, 0.3) is 0 Å². The normalized spacial score (nSPS) is 10.1. The van der Waals surface area contributed by atoms with Crippen LogP contribution in [-0.2, 0) is 17.6 Å². The number of anilines is 1. The van der Waals surface area contributed by atoms with Crippen LogP contribution in [0.15, 0.2) is 18.2 Å². The summed E-state index contributed by atoms with van der Waals surface area (Å²) in [6.07, 6.45) is 2.11. The standard InChI is InChI=1S/C15H22N2O2/c1-4-12-7-6-8-13(5-2)14(12)17-15(19)16-10-9-11(3)18/h6-8H,4-5,9-10H2,1-3H3,(H2,16,17,19). The number of carbonyl (C=O) groups is 2. The molecule has 0 saturated carbocycles. The van der Waals surface area contributed by atoms with Crippen LogP contribution >= 0.6 is 0 Å². The van der Waals surface area contributed by atoms with E-state index >= 15 is 0 Å². The van der Waals surface area contributed by atoms with Crippen molar-refractivity contribution in [1.29, 1.82) is 0 Å². The molecule has 1 aromatic carbocycles. The average molecular weight is 262 g/mol. The summed E-state index contributed by atoms with van der Waals surface area (Å²) >= 11 is 0. The molecule has 19 heavy (non-hydrogen) atoms. The maximum Gasteiger partial charge on any atom is 0.319 e. The van der Waals surface area contributed by atoms with Gasteiger partial charge in [0.15, 0.2) is 0 Å². The fourth-order valence-electron chi connectivity index (χ4n) is 1.91. The minimum absolute atomic E-state index is 0.0727. The minimum atomic E-state index is -0.253. The first-order valence-electron chi connectivity index (χ1n) is 6.73. The van der Waals surface area contributed by atoms with Crippen LogP contribution in [0.1, 0.15) is 38.3 Å². The van der Waals surface area contributed by atoms with Crippen LogP contribution in [0, 0.1) is 0 Å². The minimum Gasteiger partial charge on any atom is -0.337 e. The first-order chi connectivity index (χ1) is 9.08. The van der Waals surface area contributed by atoms with Gasteiger partial charge in [-0.05, 0) is 30.9 Å². The van der Waals surface area contributed by atoms with Gasteiger partial charge in [0.2, 0.25) is 0 Å². The molecular formula is C15H22N2O2. The van der Waals surface area contributed by atoms with E-state index in [1.165, 1.54) is 6.92 Å². The summed E-state index contributed by atoms with van der Waals surface area (Å²) in [5.74, 6) is 0.0727. The number of nitrogens with one attached hydrogen (secondary N) is 2. The second-order valence-corrected chi connectivity index (χ2v) is 4.49. The molecule has 1 rings (SSSR count). The van der Waals surface area contributed by atoms with Gasteiger partial charge in [0.1, 0.15) is 5.78 Å². The lowest BCUT2D eigenvalue weighted by Gasteiger charge is -2.14. The topological polar surface area (TPSA) is 58.2 Å². The lowest BCUT2D eigenvalue weighted by molar-refractivity contribution is -0.116. The van der Waals surface area contributed by atoms with Crippen molar-refractivity contribution >= 4 is 17.5 Å². The summed E-state index contributed by atoms with van der Waals surface area (Å²) in [6, 6.07) is 5.79. The van der Waals surface area contributed by atoms with E-state index in [0.717, 1.165) is 29.7 Å². The van der Waals surface area contributed by atoms with Crippen molar-refractivity contribution in [3.63, 3.8) is 0 Å². The van der Waals surface area contributed by atoms with E-state index in [9.17, 15) is 9.59 Å². The molecule has 0 aliphatic carbocycles. The third-order valence-electron chi connectivity index (χ3n) is 3.00. The van der Waals surface area contributed by atoms with Crippen molar-refractivity contribution in [2.45, 2.75) is 40.0 Å². The number of urea groups is 1. The highest BCUT2D eigenvalue weighted by Crippen LogP contribution is 2.22. The molecule has 2 amide bonds. The van der Waals surface area contributed by atoms with Crippen molar-refractivity contribution in [3.8, 4) is 0 Å².